The number of aliphatic hydroxyl groups is 6. The SMILES string of the molecule is CC/[13CH]=C(\C)[13C@H](O)[C@@H](C)[13C@@H](C[C@H]1C(C)=[13CH][C@H]2C[C@@H](C)[13CH2][C@@H](C)[13C@@H]2[C@@]1(C)[13C](=O)CCO)O[C@@H]1O[C@H](CO)[C@@H](O)[C@H](O)[C@H]1O. The lowest BCUT2D eigenvalue weighted by atomic mass is 9.70. The molecule has 0 unspecified atom stereocenters. The van der Waals surface area contributed by atoms with Crippen LogP contribution in [0.15, 0.2) is 23.3 Å². The Balaban J connectivity index is 2.06. The second-order valence-corrected chi connectivity index (χ2v) is 13.7. The van der Waals surface area contributed by atoms with E-state index in [2.05, 4.69) is 19.9 Å². The van der Waals surface area contributed by atoms with Crippen LogP contribution in [0, 0.1) is 40.9 Å². The van der Waals surface area contributed by atoms with E-state index in [9.17, 15) is 35.4 Å². The van der Waals surface area contributed by atoms with Gasteiger partial charge in [-0.1, -0.05) is 52.3 Å². The van der Waals surface area contributed by atoms with Gasteiger partial charge in [-0.15, -0.1) is 0 Å². The highest BCUT2D eigenvalue weighted by Crippen LogP contribution is 2.58. The van der Waals surface area contributed by atoms with Gasteiger partial charge in [0.05, 0.1) is 18.8 Å². The summed E-state index contributed by atoms with van der Waals surface area (Å²) in [6.45, 7) is 13.4. The molecule has 14 atom stereocenters. The molecule has 1 saturated heterocycles. The number of Topliss-reactive ketones (excluding diaryl/α,β-unsaturated/α-hetero) is 1. The van der Waals surface area contributed by atoms with Crippen molar-refractivity contribution in [1.82, 2.24) is 0 Å². The zero-order valence-corrected chi connectivity index (χ0v) is 26.5. The van der Waals surface area contributed by atoms with Crippen LogP contribution >= 0.6 is 0 Å². The van der Waals surface area contributed by atoms with E-state index in [4.69, 9.17) is 9.47 Å². The molecule has 1 heterocycles. The number of aliphatic hydroxyl groups excluding tert-OH is 6. The van der Waals surface area contributed by atoms with Crippen molar-refractivity contribution in [3.63, 3.8) is 0 Å². The average molecular weight is 604 g/mol. The summed E-state index contributed by atoms with van der Waals surface area (Å²) in [6, 6.07) is 0. The van der Waals surface area contributed by atoms with Crippen molar-refractivity contribution in [2.75, 3.05) is 13.2 Å². The van der Waals surface area contributed by atoms with E-state index in [0.29, 0.717) is 18.3 Å². The van der Waals surface area contributed by atoms with Crippen molar-refractivity contribution < 1.29 is 44.9 Å². The first-order valence-electron chi connectivity index (χ1n) is 15.9. The Morgan fingerprint density at radius 2 is 1.83 bits per heavy atom. The van der Waals surface area contributed by atoms with Gasteiger partial charge < -0.3 is 40.1 Å². The van der Waals surface area contributed by atoms with Gasteiger partial charge in [-0.3, -0.25) is 4.79 Å². The minimum atomic E-state index is -1.60. The summed E-state index contributed by atoms with van der Waals surface area (Å²) in [6.07, 6.45) is -1.41. The number of fused-ring (bicyclic) bond motifs is 1. The first-order chi connectivity index (χ1) is 19.7. The molecular weight excluding hydrogens is 547 g/mol. The molecule has 42 heavy (non-hydrogen) atoms. The van der Waals surface area contributed by atoms with Gasteiger partial charge in [0.25, 0.3) is 0 Å². The van der Waals surface area contributed by atoms with Crippen molar-refractivity contribution in [2.24, 2.45) is 40.9 Å². The molecule has 3 rings (SSSR count). The van der Waals surface area contributed by atoms with Crippen molar-refractivity contribution in [3.8, 4) is 0 Å². The van der Waals surface area contributed by atoms with Crippen LogP contribution in [0.5, 0.6) is 0 Å². The van der Waals surface area contributed by atoms with Crippen LogP contribution in [0.4, 0.5) is 0 Å². The maximum Gasteiger partial charge on any atom is 0.186 e. The lowest BCUT2D eigenvalue weighted by molar-refractivity contribution is -0.317. The molecule has 1 aliphatic heterocycles. The fraction of sp³-hybridized carbons (Fsp3) is 0.848. The molecule has 6 N–H and O–H groups in total. The molecule has 9 heteroatoms. The Morgan fingerprint density at radius 1 is 1.17 bits per heavy atom. The van der Waals surface area contributed by atoms with Gasteiger partial charge in [0.2, 0.25) is 0 Å². The summed E-state index contributed by atoms with van der Waals surface area (Å²) in [5.74, 6) is 0.415. The quantitative estimate of drug-likeness (QED) is 0.146. The number of rotatable bonds is 12. The van der Waals surface area contributed by atoms with E-state index < -0.39 is 60.9 Å². The largest absolute Gasteiger partial charge is 0.396 e. The minimum Gasteiger partial charge on any atom is -0.396 e. The van der Waals surface area contributed by atoms with Crippen molar-refractivity contribution in [3.05, 3.63) is 23.3 Å². The lowest BCUT2D eigenvalue weighted by Crippen LogP contribution is -2.60. The van der Waals surface area contributed by atoms with Crippen LogP contribution in [-0.2, 0) is 14.3 Å². The van der Waals surface area contributed by atoms with E-state index in [1.54, 1.807) is 0 Å². The van der Waals surface area contributed by atoms with Gasteiger partial charge in [0, 0.05) is 24.4 Å². The smallest absolute Gasteiger partial charge is 0.186 e. The standard InChI is InChI=1S/C33H56O9/c1-8-9-18(3)28(37)21(6)24(41-32-31(40)30(39)29(38)25(16-35)42-32)15-23-19(4)14-22-13-17(2)12-20(5)27(22)33(23,7)26(36)10-11-34/h9,14,17,20-25,27-32,34-35,37-40H,8,10-13,15-16H2,1-7H3/b18-9+/t17-,20+,21-,22+,23-,24+,25+,27-,28-,29+,30-,31+,32+,33+/m0/s1/i9+1,12+1,14+1,24+1,26+1,27+1,28+1. The normalized spacial score (nSPS) is 41.5. The number of allylic oxidation sites excluding steroid dienone is 3. The van der Waals surface area contributed by atoms with Crippen LogP contribution < -0.4 is 0 Å². The molecule has 2 aliphatic carbocycles. The maximum absolute atomic E-state index is 14.0. The minimum absolute atomic E-state index is 0.0145. The molecule has 3 aliphatic rings. The Bertz CT molecular complexity index is 963. The Kier molecular flexibility index (Phi) is 12.4. The van der Waals surface area contributed by atoms with E-state index in [1.165, 1.54) is 0 Å². The summed E-state index contributed by atoms with van der Waals surface area (Å²) in [5, 5.41) is 62.5. The van der Waals surface area contributed by atoms with Gasteiger partial charge >= 0.3 is 0 Å². The van der Waals surface area contributed by atoms with Crippen LogP contribution in [0.2, 0.25) is 0 Å². The first-order valence-corrected chi connectivity index (χ1v) is 15.9. The molecule has 0 spiro atoms. The number of ether oxygens (including phenoxy) is 2. The highest BCUT2D eigenvalue weighted by atomic mass is 16.7. The van der Waals surface area contributed by atoms with Gasteiger partial charge in [-0.05, 0) is 74.7 Å². The van der Waals surface area contributed by atoms with E-state index in [1.807, 2.05) is 40.7 Å². The van der Waals surface area contributed by atoms with Gasteiger partial charge in [-0.2, -0.15) is 0 Å². The lowest BCUT2D eigenvalue weighted by Gasteiger charge is -2.55. The topological polar surface area (TPSA) is 157 Å². The number of carbonyl (C=O) groups excluding carboxylic acids is 1. The fourth-order valence-corrected chi connectivity index (χ4v) is 8.50. The molecule has 242 valence electrons. The van der Waals surface area contributed by atoms with E-state index >= 15 is 0 Å². The van der Waals surface area contributed by atoms with E-state index in [-0.39, 0.29) is 36.6 Å². The number of ketones is 1. The Hall–Kier alpha value is -1.17. The van der Waals surface area contributed by atoms with Gasteiger partial charge in [0.1, 0.15) is 30.2 Å². The molecular formula is C33H56O9. The monoisotopic (exact) mass is 603 g/mol. The predicted molar refractivity (Wildman–Crippen MR) is 159 cm³/mol. The second kappa shape index (κ2) is 14.7. The van der Waals surface area contributed by atoms with Crippen LogP contribution in [0.1, 0.15) is 80.6 Å². The molecule has 0 aromatic rings. The summed E-state index contributed by atoms with van der Waals surface area (Å²) >= 11 is 0. The molecule has 1 saturated carbocycles. The van der Waals surface area contributed by atoms with Crippen LogP contribution in [0.25, 0.3) is 0 Å². The van der Waals surface area contributed by atoms with Crippen molar-refractivity contribution >= 4 is 5.78 Å². The number of hydrogen-bond acceptors (Lipinski definition) is 9. The average Bonchev–Trinajstić information content (AvgIpc) is 2.93. The summed E-state index contributed by atoms with van der Waals surface area (Å²) in [5.41, 5.74) is 1.05. The second-order valence-electron chi connectivity index (χ2n) is 13.7. The van der Waals surface area contributed by atoms with E-state index in [0.717, 1.165) is 30.4 Å². The van der Waals surface area contributed by atoms with Crippen LogP contribution in [0.3, 0.4) is 0 Å². The third-order valence-electron chi connectivity index (χ3n) is 10.6. The van der Waals surface area contributed by atoms with Crippen molar-refractivity contribution in [2.45, 2.75) is 123 Å². The number of carbonyl (C=O) groups is 1. The first kappa shape index (κ1) is 35.3. The summed E-state index contributed by atoms with van der Waals surface area (Å²) in [4.78, 5) is 14.0. The zero-order chi connectivity index (χ0) is 31.5. The molecule has 9 nitrogen and oxygen atoms in total. The fourth-order valence-electron chi connectivity index (χ4n) is 8.50. The molecule has 0 amide bonds. The molecule has 2 fully saturated rings. The predicted octanol–water partition coefficient (Wildman–Crippen LogP) is 2.75. The van der Waals surface area contributed by atoms with Crippen molar-refractivity contribution in [1.29, 1.82) is 0 Å². The number of hydrogen-bond donors (Lipinski definition) is 6. The highest BCUT2D eigenvalue weighted by molar-refractivity contribution is 5.86. The summed E-state index contributed by atoms with van der Waals surface area (Å²) in [7, 11) is 0. The molecule has 0 aromatic carbocycles. The van der Waals surface area contributed by atoms with Crippen LogP contribution in [-0.4, -0.2) is 92.5 Å². The van der Waals surface area contributed by atoms with Gasteiger partial charge in [0.15, 0.2) is 6.29 Å². The highest BCUT2D eigenvalue weighted by Gasteiger charge is 2.56. The summed E-state index contributed by atoms with van der Waals surface area (Å²) < 4.78 is 12.1. The van der Waals surface area contributed by atoms with Gasteiger partial charge in [-0.25, -0.2) is 0 Å². The molecule has 0 aromatic heterocycles. The third-order valence-corrected chi connectivity index (χ3v) is 10.6. The third kappa shape index (κ3) is 7.04. The zero-order valence-electron chi connectivity index (χ0n) is 26.5. The maximum atomic E-state index is 14.0. The molecule has 0 radical (unpaired) electrons. The molecule has 0 bridgehead atoms. The Labute approximate surface area is 251 Å². The Morgan fingerprint density at radius 3 is 2.43 bits per heavy atom.